The second-order valence-electron chi connectivity index (χ2n) is 6.25. The molecule has 1 aromatic carbocycles. The molecule has 0 saturated carbocycles. The fourth-order valence-corrected chi connectivity index (χ4v) is 4.32. The van der Waals surface area contributed by atoms with Gasteiger partial charge in [0.25, 0.3) is 5.91 Å². The van der Waals surface area contributed by atoms with Gasteiger partial charge in [-0.3, -0.25) is 14.8 Å². The predicted octanol–water partition coefficient (Wildman–Crippen LogP) is 4.99. The van der Waals surface area contributed by atoms with E-state index >= 15 is 0 Å². The fraction of sp³-hybridized carbons (Fsp3) is 0.150. The maximum atomic E-state index is 12.6. The maximum Gasteiger partial charge on any atom is 0.257 e. The summed E-state index contributed by atoms with van der Waals surface area (Å²) < 4.78 is 1.94. The Hall–Kier alpha value is -2.77. The number of amides is 1. The van der Waals surface area contributed by atoms with Gasteiger partial charge in [-0.25, -0.2) is 4.98 Å². The summed E-state index contributed by atoms with van der Waals surface area (Å²) in [5.41, 5.74) is 4.63. The highest BCUT2D eigenvalue weighted by Crippen LogP contribution is 2.28. The van der Waals surface area contributed by atoms with Gasteiger partial charge in [-0.2, -0.15) is 5.10 Å². The molecule has 1 N–H and O–H groups in total. The molecule has 0 radical (unpaired) electrons. The van der Waals surface area contributed by atoms with E-state index in [9.17, 15) is 4.79 Å². The molecule has 3 aromatic heterocycles. The van der Waals surface area contributed by atoms with Crippen molar-refractivity contribution < 1.29 is 4.79 Å². The van der Waals surface area contributed by atoms with Crippen molar-refractivity contribution in [3.05, 3.63) is 75.7 Å². The molecule has 136 valence electrons. The van der Waals surface area contributed by atoms with E-state index in [1.807, 2.05) is 71.8 Å². The summed E-state index contributed by atoms with van der Waals surface area (Å²) in [5, 5.41) is 12.0. The Balaban J connectivity index is 1.48. The lowest BCUT2D eigenvalue weighted by atomic mass is 10.1. The molecule has 0 aliphatic rings. The van der Waals surface area contributed by atoms with E-state index in [4.69, 9.17) is 0 Å². The van der Waals surface area contributed by atoms with E-state index in [0.717, 1.165) is 27.5 Å². The van der Waals surface area contributed by atoms with E-state index in [0.29, 0.717) is 17.2 Å². The number of hydrogen-bond acceptors (Lipinski definition) is 5. The highest BCUT2D eigenvalue weighted by molar-refractivity contribution is 7.16. The number of carbonyl (C=O) groups is 1. The van der Waals surface area contributed by atoms with Crippen LogP contribution in [0.15, 0.2) is 53.2 Å². The lowest BCUT2D eigenvalue weighted by molar-refractivity contribution is 0.102. The third-order valence-electron chi connectivity index (χ3n) is 4.12. The Morgan fingerprint density at radius 1 is 1.15 bits per heavy atom. The Morgan fingerprint density at radius 2 is 2.04 bits per heavy atom. The van der Waals surface area contributed by atoms with Crippen LogP contribution in [-0.4, -0.2) is 20.7 Å². The molecular formula is C20H18N4OS2. The van der Waals surface area contributed by atoms with E-state index in [1.165, 1.54) is 11.3 Å². The fourth-order valence-electron chi connectivity index (χ4n) is 2.86. The van der Waals surface area contributed by atoms with Crippen LogP contribution in [0.2, 0.25) is 0 Å². The number of nitrogens with one attached hydrogen (secondary N) is 1. The van der Waals surface area contributed by atoms with Crippen LogP contribution in [0, 0.1) is 13.8 Å². The molecule has 0 aliphatic carbocycles. The normalized spacial score (nSPS) is 10.9. The maximum absolute atomic E-state index is 12.6. The van der Waals surface area contributed by atoms with Crippen molar-refractivity contribution in [3.8, 4) is 10.6 Å². The zero-order valence-electron chi connectivity index (χ0n) is 15.0. The van der Waals surface area contributed by atoms with Gasteiger partial charge < -0.3 is 0 Å². The van der Waals surface area contributed by atoms with Crippen molar-refractivity contribution in [3.63, 3.8) is 0 Å². The molecule has 4 rings (SSSR count). The summed E-state index contributed by atoms with van der Waals surface area (Å²) in [6.45, 7) is 4.65. The van der Waals surface area contributed by atoms with Gasteiger partial charge in [0.05, 0.1) is 22.8 Å². The Kier molecular flexibility index (Phi) is 4.87. The summed E-state index contributed by atoms with van der Waals surface area (Å²) in [6.07, 6.45) is 0. The Bertz CT molecular complexity index is 1080. The van der Waals surface area contributed by atoms with Crippen LogP contribution in [0.5, 0.6) is 0 Å². The van der Waals surface area contributed by atoms with Gasteiger partial charge in [0.1, 0.15) is 0 Å². The van der Waals surface area contributed by atoms with Crippen molar-refractivity contribution in [1.82, 2.24) is 14.8 Å². The SMILES string of the molecule is Cc1cc(C)n(Cc2cccc(C(=O)Nc3nc(-c4cccs4)cs3)c2)n1. The molecule has 4 aromatic rings. The van der Waals surface area contributed by atoms with Crippen LogP contribution in [-0.2, 0) is 6.54 Å². The summed E-state index contributed by atoms with van der Waals surface area (Å²) in [5.74, 6) is -0.155. The summed E-state index contributed by atoms with van der Waals surface area (Å²) >= 11 is 3.07. The Morgan fingerprint density at radius 3 is 2.78 bits per heavy atom. The van der Waals surface area contributed by atoms with Crippen molar-refractivity contribution in [2.75, 3.05) is 5.32 Å². The number of thiazole rings is 1. The molecule has 0 saturated heterocycles. The molecule has 0 spiro atoms. The van der Waals surface area contributed by atoms with Crippen molar-refractivity contribution >= 4 is 33.7 Å². The van der Waals surface area contributed by atoms with Gasteiger partial charge in [-0.1, -0.05) is 18.2 Å². The number of carbonyl (C=O) groups excluding carboxylic acids is 1. The van der Waals surface area contributed by atoms with Crippen LogP contribution in [0.25, 0.3) is 10.6 Å². The van der Waals surface area contributed by atoms with Gasteiger partial charge in [0.15, 0.2) is 5.13 Å². The van der Waals surface area contributed by atoms with Crippen molar-refractivity contribution in [1.29, 1.82) is 0 Å². The standard InChI is InChI=1S/C20H18N4OS2/c1-13-9-14(2)24(23-13)11-15-5-3-6-16(10-15)19(25)22-20-21-17(12-27-20)18-7-4-8-26-18/h3-10,12H,11H2,1-2H3,(H,21,22,25). The van der Waals surface area contributed by atoms with E-state index in [2.05, 4.69) is 15.4 Å². The largest absolute Gasteiger partial charge is 0.298 e. The number of aryl methyl sites for hydroxylation is 2. The first-order valence-electron chi connectivity index (χ1n) is 8.49. The molecule has 0 unspecified atom stereocenters. The zero-order valence-corrected chi connectivity index (χ0v) is 16.6. The van der Waals surface area contributed by atoms with Gasteiger partial charge in [0.2, 0.25) is 0 Å². The topological polar surface area (TPSA) is 59.8 Å². The van der Waals surface area contributed by atoms with Gasteiger partial charge >= 0.3 is 0 Å². The van der Waals surface area contributed by atoms with Crippen LogP contribution >= 0.6 is 22.7 Å². The predicted molar refractivity (Wildman–Crippen MR) is 111 cm³/mol. The first-order chi connectivity index (χ1) is 13.1. The smallest absolute Gasteiger partial charge is 0.257 e. The highest BCUT2D eigenvalue weighted by Gasteiger charge is 2.11. The quantitative estimate of drug-likeness (QED) is 0.519. The third-order valence-corrected chi connectivity index (χ3v) is 5.77. The van der Waals surface area contributed by atoms with Gasteiger partial charge in [0, 0.05) is 16.6 Å². The molecule has 5 nitrogen and oxygen atoms in total. The number of anilines is 1. The lowest BCUT2D eigenvalue weighted by Crippen LogP contribution is -2.12. The average Bonchev–Trinajstić information content (AvgIpc) is 3.37. The van der Waals surface area contributed by atoms with Gasteiger partial charge in [-0.15, -0.1) is 22.7 Å². The second kappa shape index (κ2) is 7.46. The Labute approximate surface area is 165 Å². The van der Waals surface area contributed by atoms with Gasteiger partial charge in [-0.05, 0) is 49.1 Å². The number of rotatable bonds is 5. The summed E-state index contributed by atoms with van der Waals surface area (Å²) in [4.78, 5) is 18.2. The summed E-state index contributed by atoms with van der Waals surface area (Å²) in [6, 6.07) is 13.7. The molecule has 0 aliphatic heterocycles. The molecule has 0 bridgehead atoms. The van der Waals surface area contributed by atoms with E-state index in [-0.39, 0.29) is 5.91 Å². The molecule has 0 fully saturated rings. The molecule has 3 heterocycles. The monoisotopic (exact) mass is 394 g/mol. The molecular weight excluding hydrogens is 376 g/mol. The average molecular weight is 395 g/mol. The summed E-state index contributed by atoms with van der Waals surface area (Å²) in [7, 11) is 0. The number of nitrogens with zero attached hydrogens (tertiary/aromatic N) is 3. The number of benzene rings is 1. The second-order valence-corrected chi connectivity index (χ2v) is 8.06. The lowest BCUT2D eigenvalue weighted by Gasteiger charge is -2.07. The molecule has 27 heavy (non-hydrogen) atoms. The highest BCUT2D eigenvalue weighted by atomic mass is 32.1. The minimum Gasteiger partial charge on any atom is -0.298 e. The number of hydrogen-bond donors (Lipinski definition) is 1. The minimum atomic E-state index is -0.155. The van der Waals surface area contributed by atoms with Crippen molar-refractivity contribution in [2.24, 2.45) is 0 Å². The number of aromatic nitrogens is 3. The molecule has 0 atom stereocenters. The molecule has 7 heteroatoms. The van der Waals surface area contributed by atoms with Crippen LogP contribution < -0.4 is 5.32 Å². The van der Waals surface area contributed by atoms with Crippen LogP contribution in [0.1, 0.15) is 27.3 Å². The van der Waals surface area contributed by atoms with Crippen LogP contribution in [0.4, 0.5) is 5.13 Å². The first-order valence-corrected chi connectivity index (χ1v) is 10.3. The number of thiophene rings is 1. The van der Waals surface area contributed by atoms with Crippen LogP contribution in [0.3, 0.4) is 0 Å². The molecule has 1 amide bonds. The first kappa shape index (κ1) is 17.6. The zero-order chi connectivity index (χ0) is 18.8. The third kappa shape index (κ3) is 3.99. The van der Waals surface area contributed by atoms with Crippen molar-refractivity contribution in [2.45, 2.75) is 20.4 Å². The minimum absolute atomic E-state index is 0.155. The van der Waals surface area contributed by atoms with E-state index in [1.54, 1.807) is 11.3 Å². The van der Waals surface area contributed by atoms with E-state index < -0.39 is 0 Å².